The number of nitrogens with one attached hydrogen (secondary N) is 2. The Hall–Kier alpha value is -2.02. The van der Waals surface area contributed by atoms with Crippen LogP contribution in [0.3, 0.4) is 0 Å². The SMILES string of the molecule is CNc1nc(Cl)nc(Nc2c(F)ccc(C)c2F)n1. The van der Waals surface area contributed by atoms with Gasteiger partial charge in [-0.05, 0) is 30.2 Å². The molecular weight excluding hydrogens is 276 g/mol. The highest BCUT2D eigenvalue weighted by Gasteiger charge is 2.13. The first-order valence-electron chi connectivity index (χ1n) is 5.32. The van der Waals surface area contributed by atoms with Crippen molar-refractivity contribution in [1.29, 1.82) is 0 Å². The van der Waals surface area contributed by atoms with Crippen LogP contribution in [0.5, 0.6) is 0 Å². The number of halogens is 3. The van der Waals surface area contributed by atoms with E-state index < -0.39 is 11.6 Å². The molecule has 0 amide bonds. The summed E-state index contributed by atoms with van der Waals surface area (Å²) in [5, 5.41) is 5.03. The number of nitrogens with zero attached hydrogens (tertiary/aromatic N) is 3. The van der Waals surface area contributed by atoms with Gasteiger partial charge in [0.05, 0.1) is 0 Å². The minimum atomic E-state index is -0.745. The number of aryl methyl sites for hydroxylation is 1. The van der Waals surface area contributed by atoms with Gasteiger partial charge in [0.2, 0.25) is 17.2 Å². The Morgan fingerprint density at radius 3 is 2.47 bits per heavy atom. The summed E-state index contributed by atoms with van der Waals surface area (Å²) >= 11 is 5.68. The summed E-state index contributed by atoms with van der Waals surface area (Å²) < 4.78 is 27.4. The second-order valence-electron chi connectivity index (χ2n) is 3.68. The molecule has 0 fully saturated rings. The number of anilines is 3. The topological polar surface area (TPSA) is 62.7 Å². The molecule has 8 heteroatoms. The molecule has 19 heavy (non-hydrogen) atoms. The van der Waals surface area contributed by atoms with Gasteiger partial charge in [-0.3, -0.25) is 0 Å². The highest BCUT2D eigenvalue weighted by molar-refractivity contribution is 6.28. The molecule has 5 nitrogen and oxygen atoms in total. The van der Waals surface area contributed by atoms with E-state index in [4.69, 9.17) is 11.6 Å². The van der Waals surface area contributed by atoms with Crippen molar-refractivity contribution in [3.8, 4) is 0 Å². The average Bonchev–Trinajstić information content (AvgIpc) is 2.38. The molecule has 0 saturated heterocycles. The molecule has 0 aliphatic heterocycles. The van der Waals surface area contributed by atoms with Crippen molar-refractivity contribution in [1.82, 2.24) is 15.0 Å². The highest BCUT2D eigenvalue weighted by atomic mass is 35.5. The van der Waals surface area contributed by atoms with Crippen LogP contribution in [0.4, 0.5) is 26.4 Å². The highest BCUT2D eigenvalue weighted by Crippen LogP contribution is 2.24. The normalized spacial score (nSPS) is 10.4. The predicted octanol–water partition coefficient (Wildman–Crippen LogP) is 2.90. The van der Waals surface area contributed by atoms with E-state index in [9.17, 15) is 8.78 Å². The van der Waals surface area contributed by atoms with E-state index in [0.717, 1.165) is 6.07 Å². The molecule has 2 rings (SSSR count). The Morgan fingerprint density at radius 2 is 1.79 bits per heavy atom. The molecule has 1 aromatic carbocycles. The van der Waals surface area contributed by atoms with Crippen molar-refractivity contribution < 1.29 is 8.78 Å². The molecule has 1 heterocycles. The van der Waals surface area contributed by atoms with E-state index in [1.54, 1.807) is 7.05 Å². The van der Waals surface area contributed by atoms with E-state index in [0.29, 0.717) is 5.56 Å². The fraction of sp³-hybridized carbons (Fsp3) is 0.182. The summed E-state index contributed by atoms with van der Waals surface area (Å²) in [6.07, 6.45) is 0. The van der Waals surface area contributed by atoms with Gasteiger partial charge in [0.25, 0.3) is 0 Å². The van der Waals surface area contributed by atoms with Crippen LogP contribution in [-0.4, -0.2) is 22.0 Å². The molecule has 0 aliphatic carbocycles. The van der Waals surface area contributed by atoms with Crippen molar-refractivity contribution in [2.45, 2.75) is 6.92 Å². The summed E-state index contributed by atoms with van der Waals surface area (Å²) in [5.41, 5.74) is -0.0257. The maximum atomic E-state index is 13.8. The Labute approximate surface area is 113 Å². The Morgan fingerprint density at radius 1 is 1.11 bits per heavy atom. The third-order valence-electron chi connectivity index (χ3n) is 2.35. The first-order chi connectivity index (χ1) is 9.01. The van der Waals surface area contributed by atoms with Gasteiger partial charge in [-0.2, -0.15) is 15.0 Å². The van der Waals surface area contributed by atoms with Gasteiger partial charge in [0.15, 0.2) is 5.82 Å². The largest absolute Gasteiger partial charge is 0.357 e. The van der Waals surface area contributed by atoms with Gasteiger partial charge in [0.1, 0.15) is 11.5 Å². The minimum absolute atomic E-state index is 0.0484. The van der Waals surface area contributed by atoms with Crippen LogP contribution in [0, 0.1) is 18.6 Å². The molecule has 0 spiro atoms. The third kappa shape index (κ3) is 2.87. The van der Waals surface area contributed by atoms with Gasteiger partial charge >= 0.3 is 0 Å². The van der Waals surface area contributed by atoms with Crippen LogP contribution in [0.1, 0.15) is 5.56 Å². The lowest BCUT2D eigenvalue weighted by Gasteiger charge is -2.09. The Balaban J connectivity index is 2.41. The molecule has 0 radical (unpaired) electrons. The van der Waals surface area contributed by atoms with Crippen LogP contribution in [0.2, 0.25) is 5.28 Å². The molecule has 100 valence electrons. The zero-order valence-corrected chi connectivity index (χ0v) is 10.9. The second kappa shape index (κ2) is 5.31. The number of hydrogen-bond donors (Lipinski definition) is 2. The molecule has 0 bridgehead atoms. The fourth-order valence-electron chi connectivity index (χ4n) is 1.40. The zero-order valence-electron chi connectivity index (χ0n) is 10.1. The monoisotopic (exact) mass is 285 g/mol. The number of aromatic nitrogens is 3. The van der Waals surface area contributed by atoms with Gasteiger partial charge in [-0.15, -0.1) is 0 Å². The van der Waals surface area contributed by atoms with E-state index in [2.05, 4.69) is 25.6 Å². The summed E-state index contributed by atoms with van der Waals surface area (Å²) in [6, 6.07) is 2.50. The van der Waals surface area contributed by atoms with Crippen molar-refractivity contribution in [3.05, 3.63) is 34.6 Å². The smallest absolute Gasteiger partial charge is 0.233 e. The third-order valence-corrected chi connectivity index (χ3v) is 2.52. The molecule has 0 aliphatic rings. The van der Waals surface area contributed by atoms with Crippen LogP contribution in [0.25, 0.3) is 0 Å². The van der Waals surface area contributed by atoms with Gasteiger partial charge in [-0.1, -0.05) is 6.07 Å². The van der Waals surface area contributed by atoms with Crippen molar-refractivity contribution in [3.63, 3.8) is 0 Å². The second-order valence-corrected chi connectivity index (χ2v) is 4.02. The summed E-state index contributed by atoms with van der Waals surface area (Å²) in [4.78, 5) is 11.4. The summed E-state index contributed by atoms with van der Waals surface area (Å²) in [5.74, 6) is -1.31. The quantitative estimate of drug-likeness (QED) is 0.908. The van der Waals surface area contributed by atoms with Gasteiger partial charge < -0.3 is 10.6 Å². The average molecular weight is 286 g/mol. The van der Waals surface area contributed by atoms with E-state index in [-0.39, 0.29) is 22.9 Å². The molecular formula is C11H10ClF2N5. The molecule has 2 aromatic rings. The molecule has 0 atom stereocenters. The lowest BCUT2D eigenvalue weighted by molar-refractivity contribution is 0.584. The Bertz CT molecular complexity index is 620. The van der Waals surface area contributed by atoms with Gasteiger partial charge in [0, 0.05) is 7.05 Å². The lowest BCUT2D eigenvalue weighted by Crippen LogP contribution is -2.06. The van der Waals surface area contributed by atoms with Crippen LogP contribution in [0.15, 0.2) is 12.1 Å². The number of rotatable bonds is 3. The summed E-state index contributed by atoms with van der Waals surface area (Å²) in [6.45, 7) is 1.53. The maximum absolute atomic E-state index is 13.8. The van der Waals surface area contributed by atoms with E-state index >= 15 is 0 Å². The molecule has 0 unspecified atom stereocenters. The van der Waals surface area contributed by atoms with E-state index in [1.165, 1.54) is 13.0 Å². The van der Waals surface area contributed by atoms with Crippen molar-refractivity contribution >= 4 is 29.2 Å². The van der Waals surface area contributed by atoms with Gasteiger partial charge in [-0.25, -0.2) is 8.78 Å². The molecule has 1 aromatic heterocycles. The Kier molecular flexibility index (Phi) is 3.75. The maximum Gasteiger partial charge on any atom is 0.233 e. The predicted molar refractivity (Wildman–Crippen MR) is 68.8 cm³/mol. The van der Waals surface area contributed by atoms with Crippen molar-refractivity contribution in [2.24, 2.45) is 0 Å². The van der Waals surface area contributed by atoms with Crippen LogP contribution < -0.4 is 10.6 Å². The molecule has 0 saturated carbocycles. The van der Waals surface area contributed by atoms with Crippen LogP contribution >= 0.6 is 11.6 Å². The molecule has 2 N–H and O–H groups in total. The first-order valence-corrected chi connectivity index (χ1v) is 5.70. The number of benzene rings is 1. The minimum Gasteiger partial charge on any atom is -0.357 e. The lowest BCUT2D eigenvalue weighted by atomic mass is 10.2. The fourth-order valence-corrected chi connectivity index (χ4v) is 1.56. The summed E-state index contributed by atoms with van der Waals surface area (Å²) in [7, 11) is 1.59. The van der Waals surface area contributed by atoms with Crippen LogP contribution in [-0.2, 0) is 0 Å². The zero-order chi connectivity index (χ0) is 14.0. The standard InChI is InChI=1S/C11H10ClF2N5/c1-5-3-4-6(13)8(7(5)14)16-11-18-9(12)17-10(15-2)19-11/h3-4H,1-2H3,(H2,15,16,17,18,19). The number of hydrogen-bond acceptors (Lipinski definition) is 5. The van der Waals surface area contributed by atoms with E-state index in [1.807, 2.05) is 0 Å². The van der Waals surface area contributed by atoms with Crippen molar-refractivity contribution in [2.75, 3.05) is 17.7 Å². The first kappa shape index (κ1) is 13.4.